The van der Waals surface area contributed by atoms with Crippen LogP contribution in [0.2, 0.25) is 30.1 Å². The molecular weight excluding hydrogens is 1490 g/mol. The van der Waals surface area contributed by atoms with Crippen LogP contribution in [0, 0.1) is 29.1 Å². The van der Waals surface area contributed by atoms with Crippen molar-refractivity contribution in [3.05, 3.63) is 278 Å². The summed E-state index contributed by atoms with van der Waals surface area (Å²) in [4.78, 5) is 9.05. The van der Waals surface area contributed by atoms with Gasteiger partial charge in [0.2, 0.25) is 0 Å². The number of rotatable bonds is 12. The standard InChI is InChI=1S/C21H21Cl3N2O.C21H21Cl2FN2O.C21H21ClF2N2O.C21H22F2N2O/c1-21(27,13-3-5-17(23)18(24)9-13)12-26-19-6-4-14(22)10-15(19)16-11-25(2)8-7-20(16)26;1-21(27,13-3-5-18(24)17(23)9-13)12-26-19-6-4-14(22)10-15(19)16-11-25(2)8-7-20(16)26;1-21(27,17-5-4-14(23)10-18(17)24)12-26-19-6-3-13(22)9-15(19)16-11-25(2)8-7-20(16)26;1-21(26,14-3-5-15(22)6-4-14)13-25-19-8-7-16(23)11-17(19)18-12-24(2)10-9-20(18)25/h3*3-6,9-10,27H,7-8,11-12H2,1-2H3;3-8,11,26H,9-10,12-13H2,1-2H3. The van der Waals surface area contributed by atoms with Crippen LogP contribution in [-0.4, -0.2) is 113 Å². The Labute approximate surface area is 649 Å². The van der Waals surface area contributed by atoms with E-state index in [9.17, 15) is 42.4 Å². The zero-order valence-corrected chi connectivity index (χ0v) is 65.3. The Kier molecular flexibility index (Phi) is 22.7. The normalized spacial score (nSPS) is 17.1. The maximum Gasteiger partial charge on any atom is 0.141 e. The Morgan fingerprint density at radius 1 is 0.318 bits per heavy atom. The summed E-state index contributed by atoms with van der Waals surface area (Å²) in [5.74, 6) is -2.47. The van der Waals surface area contributed by atoms with Gasteiger partial charge in [-0.05, 0) is 210 Å². The van der Waals surface area contributed by atoms with Crippen molar-refractivity contribution in [2.75, 3.05) is 54.4 Å². The second-order valence-corrected chi connectivity index (χ2v) is 32.7. The van der Waals surface area contributed by atoms with E-state index in [1.807, 2.05) is 67.6 Å². The quantitative estimate of drug-likeness (QED) is 0.0895. The van der Waals surface area contributed by atoms with Crippen molar-refractivity contribution >= 4 is 113 Å². The number of nitrogens with zero attached hydrogens (tertiary/aromatic N) is 8. The van der Waals surface area contributed by atoms with E-state index in [-0.39, 0.29) is 28.8 Å². The maximum absolute atomic E-state index is 14.3. The summed E-state index contributed by atoms with van der Waals surface area (Å²) in [5.41, 5.74) is 10.8. The smallest absolute Gasteiger partial charge is 0.141 e. The molecule has 107 heavy (non-hydrogen) atoms. The van der Waals surface area contributed by atoms with Gasteiger partial charge in [-0.15, -0.1) is 0 Å². The Hall–Kier alpha value is -7.01. The van der Waals surface area contributed by atoms with Crippen LogP contribution in [-0.2, 0) is 100 Å². The summed E-state index contributed by atoms with van der Waals surface area (Å²) in [5, 5.41) is 51.9. The number of aromatic nitrogens is 4. The zero-order valence-electron chi connectivity index (χ0n) is 60.8. The van der Waals surface area contributed by atoms with Gasteiger partial charge in [0.05, 0.1) is 41.2 Å². The van der Waals surface area contributed by atoms with Crippen LogP contribution >= 0.6 is 69.6 Å². The lowest BCUT2D eigenvalue weighted by Crippen LogP contribution is -2.32. The minimum atomic E-state index is -1.49. The molecule has 0 fully saturated rings. The first kappa shape index (κ1) is 78.1. The number of aliphatic hydroxyl groups is 4. The van der Waals surface area contributed by atoms with E-state index in [0.717, 1.165) is 155 Å². The fraction of sp³-hybridized carbons (Fsp3) is 0.333. The van der Waals surface area contributed by atoms with E-state index in [1.54, 1.807) is 63.2 Å². The van der Waals surface area contributed by atoms with E-state index >= 15 is 0 Å². The molecule has 4 aliphatic rings. The van der Waals surface area contributed by atoms with Gasteiger partial charge in [-0.2, -0.15) is 0 Å². The molecular formula is C84H85Cl6F5N8O4. The minimum absolute atomic E-state index is 0.0144. The fourth-order valence-electron chi connectivity index (χ4n) is 15.9. The number of likely N-dealkylation sites (N-methyl/N-ethyl adjacent to an activating group) is 4. The molecule has 562 valence electrons. The van der Waals surface area contributed by atoms with Crippen molar-refractivity contribution in [3.63, 3.8) is 0 Å². The number of benzene rings is 8. The molecule has 0 bridgehead atoms. The molecule has 8 heterocycles. The van der Waals surface area contributed by atoms with Crippen molar-refractivity contribution in [2.24, 2.45) is 0 Å². The highest BCUT2D eigenvalue weighted by Crippen LogP contribution is 2.42. The predicted molar refractivity (Wildman–Crippen MR) is 422 cm³/mol. The van der Waals surface area contributed by atoms with E-state index in [1.165, 1.54) is 70.5 Å². The minimum Gasteiger partial charge on any atom is -0.384 e. The molecule has 0 aliphatic carbocycles. The molecule has 4 unspecified atom stereocenters. The van der Waals surface area contributed by atoms with Gasteiger partial charge < -0.3 is 58.3 Å². The van der Waals surface area contributed by atoms with Crippen LogP contribution in [0.1, 0.15) is 95.0 Å². The fourth-order valence-corrected chi connectivity index (χ4v) is 16.9. The highest BCUT2D eigenvalue weighted by Gasteiger charge is 2.36. The van der Waals surface area contributed by atoms with Gasteiger partial charge in [0, 0.05) is 171 Å². The number of fused-ring (bicyclic) bond motifs is 12. The van der Waals surface area contributed by atoms with Crippen molar-refractivity contribution in [2.45, 2.75) is 128 Å². The second kappa shape index (κ2) is 31.0. The molecule has 0 saturated heterocycles. The third kappa shape index (κ3) is 16.4. The van der Waals surface area contributed by atoms with Gasteiger partial charge in [0.25, 0.3) is 0 Å². The van der Waals surface area contributed by atoms with Crippen molar-refractivity contribution in [1.82, 2.24) is 37.9 Å². The van der Waals surface area contributed by atoms with E-state index in [2.05, 4.69) is 66.1 Å². The third-order valence-electron chi connectivity index (χ3n) is 21.6. The van der Waals surface area contributed by atoms with Gasteiger partial charge in [-0.25, -0.2) is 22.0 Å². The molecule has 16 rings (SSSR count). The van der Waals surface area contributed by atoms with Crippen LogP contribution in [0.25, 0.3) is 43.6 Å². The van der Waals surface area contributed by atoms with Gasteiger partial charge in [-0.1, -0.05) is 99.9 Å². The lowest BCUT2D eigenvalue weighted by atomic mass is 9.95. The van der Waals surface area contributed by atoms with Gasteiger partial charge in [0.1, 0.15) is 51.5 Å². The first-order chi connectivity index (χ1) is 50.6. The van der Waals surface area contributed by atoms with E-state index < -0.39 is 39.9 Å². The lowest BCUT2D eigenvalue weighted by Gasteiger charge is -2.29. The Morgan fingerprint density at radius 2 is 0.636 bits per heavy atom. The molecule has 12 aromatic rings. The van der Waals surface area contributed by atoms with Crippen LogP contribution < -0.4 is 0 Å². The van der Waals surface area contributed by atoms with Crippen LogP contribution in [0.5, 0.6) is 0 Å². The molecule has 12 nitrogen and oxygen atoms in total. The summed E-state index contributed by atoms with van der Waals surface area (Å²) in [6.45, 7) is 15.2. The van der Waals surface area contributed by atoms with Gasteiger partial charge in [-0.3, -0.25) is 0 Å². The number of hydrogen-bond acceptors (Lipinski definition) is 8. The number of hydrogen-bond donors (Lipinski definition) is 4. The molecule has 4 aliphatic heterocycles. The summed E-state index contributed by atoms with van der Waals surface area (Å²) in [6.07, 6.45) is 3.52. The molecule has 23 heteroatoms. The van der Waals surface area contributed by atoms with Gasteiger partial charge >= 0.3 is 0 Å². The van der Waals surface area contributed by atoms with Crippen molar-refractivity contribution < 1.29 is 42.4 Å². The monoisotopic (exact) mass is 1570 g/mol. The van der Waals surface area contributed by atoms with Crippen molar-refractivity contribution in [3.8, 4) is 0 Å². The Balaban J connectivity index is 0.000000126. The number of halogens is 11. The zero-order chi connectivity index (χ0) is 76.5. The largest absolute Gasteiger partial charge is 0.384 e. The SMILES string of the molecule is CN1CCc2c(c3cc(Cl)ccc3n2CC(C)(O)c2ccc(Cl)c(Cl)c2)C1.CN1CCc2c(c3cc(Cl)ccc3n2CC(C)(O)c2ccc(F)c(Cl)c2)C1.CN1CCc2c(c3cc(Cl)ccc3n2CC(C)(O)c2ccc(F)cc2F)C1.CN1CCc2c(c3cc(F)ccc3n2CC(C)(O)c2ccc(F)cc2)C1. The molecule has 4 atom stereocenters. The summed E-state index contributed by atoms with van der Waals surface area (Å²) in [6, 6.07) is 41.3. The highest BCUT2D eigenvalue weighted by atomic mass is 35.5. The summed E-state index contributed by atoms with van der Waals surface area (Å²) >= 11 is 36.9. The molecule has 0 radical (unpaired) electrons. The third-order valence-corrected chi connectivity index (χ3v) is 23.3. The topological polar surface area (TPSA) is 114 Å². The molecule has 0 spiro atoms. The highest BCUT2D eigenvalue weighted by molar-refractivity contribution is 6.42. The first-order valence-electron chi connectivity index (χ1n) is 35.6. The van der Waals surface area contributed by atoms with Crippen LogP contribution in [0.4, 0.5) is 22.0 Å². The van der Waals surface area contributed by atoms with E-state index in [4.69, 9.17) is 69.6 Å². The summed E-state index contributed by atoms with van der Waals surface area (Å²) in [7, 11) is 8.36. The Morgan fingerprint density at radius 3 is 1.02 bits per heavy atom. The van der Waals surface area contributed by atoms with Crippen LogP contribution in [0.15, 0.2) is 152 Å². The molecule has 0 amide bonds. The van der Waals surface area contributed by atoms with Crippen LogP contribution in [0.3, 0.4) is 0 Å². The predicted octanol–water partition coefficient (Wildman–Crippen LogP) is 18.8. The molecule has 8 aromatic carbocycles. The maximum atomic E-state index is 14.3. The van der Waals surface area contributed by atoms with Crippen molar-refractivity contribution in [1.29, 1.82) is 0 Å². The summed E-state index contributed by atoms with van der Waals surface area (Å²) < 4.78 is 76.7. The Bertz CT molecular complexity index is 5200. The van der Waals surface area contributed by atoms with E-state index in [0.29, 0.717) is 50.9 Å². The first-order valence-corrected chi connectivity index (χ1v) is 37.8. The lowest BCUT2D eigenvalue weighted by molar-refractivity contribution is 0.0347. The van der Waals surface area contributed by atoms with Gasteiger partial charge in [0.15, 0.2) is 0 Å². The molecule has 4 aromatic heterocycles. The average molecular weight is 1580 g/mol. The molecule has 0 saturated carbocycles. The molecule has 4 N–H and O–H groups in total. The average Bonchev–Trinajstić information content (AvgIpc) is 1.62. The second-order valence-electron chi connectivity index (χ2n) is 30.1.